The number of carbonyl (C=O) groups excluding carboxylic acids is 1. The van der Waals surface area contributed by atoms with Crippen LogP contribution in [-0.4, -0.2) is 71.7 Å². The van der Waals surface area contributed by atoms with Crippen LogP contribution in [0, 0.1) is 5.92 Å². The molecule has 3 aliphatic rings. The van der Waals surface area contributed by atoms with Crippen molar-refractivity contribution in [2.75, 3.05) is 51.0 Å². The maximum absolute atomic E-state index is 13.5. The summed E-state index contributed by atoms with van der Waals surface area (Å²) >= 11 is 1.74. The number of carbonyl (C=O) groups is 1. The number of piperidine rings is 1. The number of amides is 1. The highest BCUT2D eigenvalue weighted by Gasteiger charge is 2.32. The molecule has 3 aromatic rings. The lowest BCUT2D eigenvalue weighted by molar-refractivity contribution is -0.137. The molecule has 6 rings (SSSR count). The van der Waals surface area contributed by atoms with E-state index in [1.54, 1.807) is 17.7 Å². The Morgan fingerprint density at radius 1 is 1.09 bits per heavy atom. The Morgan fingerprint density at radius 3 is 2.80 bits per heavy atom. The van der Waals surface area contributed by atoms with Crippen molar-refractivity contribution in [3.63, 3.8) is 0 Å². The second-order valence-corrected chi connectivity index (χ2v) is 10.7. The Hall–Kier alpha value is -2.91. The topological polar surface area (TPSA) is 71.0 Å². The Bertz CT molecular complexity index is 1220. The zero-order chi connectivity index (χ0) is 23.8. The number of ether oxygens (including phenoxy) is 2. The molecule has 0 aliphatic carbocycles. The van der Waals surface area contributed by atoms with E-state index in [0.29, 0.717) is 12.7 Å². The lowest BCUT2D eigenvalue weighted by atomic mass is 9.96. The molecular formula is C26H31N5O3S. The van der Waals surface area contributed by atoms with Gasteiger partial charge in [0, 0.05) is 50.7 Å². The van der Waals surface area contributed by atoms with Crippen LogP contribution in [0.2, 0.25) is 0 Å². The summed E-state index contributed by atoms with van der Waals surface area (Å²) in [5, 5.41) is 1.12. The Kier molecular flexibility index (Phi) is 6.20. The zero-order valence-electron chi connectivity index (χ0n) is 20.1. The van der Waals surface area contributed by atoms with Crippen molar-refractivity contribution < 1.29 is 14.3 Å². The first kappa shape index (κ1) is 22.5. The summed E-state index contributed by atoms with van der Waals surface area (Å²) in [5.74, 6) is 2.95. The lowest BCUT2D eigenvalue weighted by Gasteiger charge is -2.39. The molecule has 0 bridgehead atoms. The average Bonchev–Trinajstić information content (AvgIpc) is 3.55. The van der Waals surface area contributed by atoms with Gasteiger partial charge in [-0.05, 0) is 43.0 Å². The predicted octanol–water partition coefficient (Wildman–Crippen LogP) is 3.54. The van der Waals surface area contributed by atoms with Gasteiger partial charge in [-0.15, -0.1) is 11.3 Å². The smallest absolute Gasteiger partial charge is 0.231 e. The molecule has 1 atom stereocenters. The van der Waals surface area contributed by atoms with Crippen LogP contribution in [0.3, 0.4) is 0 Å². The number of aromatic nitrogens is 2. The van der Waals surface area contributed by atoms with Crippen molar-refractivity contribution in [2.24, 2.45) is 5.92 Å². The summed E-state index contributed by atoms with van der Waals surface area (Å²) < 4.78 is 10.9. The largest absolute Gasteiger partial charge is 0.454 e. The van der Waals surface area contributed by atoms with Gasteiger partial charge in [0.05, 0.1) is 11.3 Å². The number of hydrogen-bond acceptors (Lipinski definition) is 8. The number of aryl methyl sites for hydroxylation is 1. The first-order valence-electron chi connectivity index (χ1n) is 12.6. The summed E-state index contributed by atoms with van der Waals surface area (Å²) in [4.78, 5) is 31.7. The monoisotopic (exact) mass is 493 g/mol. The molecule has 0 spiro atoms. The average molecular weight is 494 g/mol. The van der Waals surface area contributed by atoms with Gasteiger partial charge in [0.2, 0.25) is 12.7 Å². The van der Waals surface area contributed by atoms with Crippen molar-refractivity contribution in [1.82, 2.24) is 19.8 Å². The Labute approximate surface area is 209 Å². The first-order chi connectivity index (χ1) is 17.2. The number of piperazine rings is 1. The molecule has 0 saturated carbocycles. The van der Waals surface area contributed by atoms with Crippen molar-refractivity contribution >= 4 is 33.3 Å². The van der Waals surface area contributed by atoms with E-state index >= 15 is 0 Å². The first-order valence-corrected chi connectivity index (χ1v) is 13.4. The Balaban J connectivity index is 1.07. The molecule has 184 valence electrons. The van der Waals surface area contributed by atoms with Gasteiger partial charge < -0.3 is 19.3 Å². The SMILES string of the molecule is CCc1cc2c(N3CCC[C@@H](C(=O)N4CCN(Cc5ccc6c(c5)OCO6)CC4)C3)ncnc2s1. The minimum Gasteiger partial charge on any atom is -0.454 e. The molecule has 8 nitrogen and oxygen atoms in total. The fourth-order valence-electron chi connectivity index (χ4n) is 5.37. The predicted molar refractivity (Wildman–Crippen MR) is 136 cm³/mol. The van der Waals surface area contributed by atoms with E-state index in [1.807, 2.05) is 6.07 Å². The van der Waals surface area contributed by atoms with Crippen molar-refractivity contribution in [3.05, 3.63) is 41.0 Å². The minimum absolute atomic E-state index is 0.0263. The number of nitrogens with zero attached hydrogens (tertiary/aromatic N) is 5. The molecule has 0 unspecified atom stereocenters. The molecule has 3 aliphatic heterocycles. The molecule has 5 heterocycles. The standard InChI is InChI=1S/C26H31N5O3S/c1-2-20-13-21-24(27-16-28-25(21)35-20)31-7-3-4-19(15-31)26(32)30-10-8-29(9-11-30)14-18-5-6-22-23(12-18)34-17-33-22/h5-6,12-13,16,19H,2-4,7-11,14-15,17H2,1H3/t19-/m1/s1. The van der Waals surface area contributed by atoms with Crippen molar-refractivity contribution in [1.29, 1.82) is 0 Å². The fraction of sp³-hybridized carbons (Fsp3) is 0.500. The minimum atomic E-state index is 0.0263. The van der Waals surface area contributed by atoms with Crippen LogP contribution in [-0.2, 0) is 17.8 Å². The number of fused-ring (bicyclic) bond motifs is 2. The third-order valence-corrected chi connectivity index (χ3v) is 8.49. The molecule has 2 saturated heterocycles. The molecule has 0 N–H and O–H groups in total. The van der Waals surface area contributed by atoms with Crippen LogP contribution in [0.5, 0.6) is 11.5 Å². The van der Waals surface area contributed by atoms with Crippen molar-refractivity contribution in [3.8, 4) is 11.5 Å². The van der Waals surface area contributed by atoms with E-state index in [-0.39, 0.29) is 5.92 Å². The van der Waals surface area contributed by atoms with E-state index in [1.165, 1.54) is 10.4 Å². The molecular weight excluding hydrogens is 462 g/mol. The molecule has 9 heteroatoms. The highest BCUT2D eigenvalue weighted by atomic mass is 32.1. The van der Waals surface area contributed by atoms with Gasteiger partial charge in [-0.1, -0.05) is 13.0 Å². The highest BCUT2D eigenvalue weighted by Crippen LogP contribution is 2.34. The summed E-state index contributed by atoms with van der Waals surface area (Å²) in [6, 6.07) is 8.37. The maximum atomic E-state index is 13.5. The van der Waals surface area contributed by atoms with E-state index in [2.05, 4.69) is 49.8 Å². The third kappa shape index (κ3) is 4.54. The second kappa shape index (κ2) is 9.62. The number of rotatable bonds is 5. The fourth-order valence-corrected chi connectivity index (χ4v) is 6.30. The van der Waals surface area contributed by atoms with E-state index < -0.39 is 0 Å². The van der Waals surface area contributed by atoms with E-state index in [9.17, 15) is 4.79 Å². The van der Waals surface area contributed by atoms with Gasteiger partial charge in [-0.3, -0.25) is 9.69 Å². The van der Waals surface area contributed by atoms with Crippen LogP contribution in [0.15, 0.2) is 30.6 Å². The maximum Gasteiger partial charge on any atom is 0.231 e. The van der Waals surface area contributed by atoms with Gasteiger partial charge in [0.1, 0.15) is 17.0 Å². The van der Waals surface area contributed by atoms with E-state index in [0.717, 1.165) is 92.6 Å². The van der Waals surface area contributed by atoms with Crippen LogP contribution < -0.4 is 14.4 Å². The molecule has 2 aromatic heterocycles. The molecule has 35 heavy (non-hydrogen) atoms. The van der Waals surface area contributed by atoms with Crippen LogP contribution in [0.25, 0.3) is 10.2 Å². The summed E-state index contributed by atoms with van der Waals surface area (Å²) in [6.45, 7) is 8.34. The van der Waals surface area contributed by atoms with Crippen molar-refractivity contribution in [2.45, 2.75) is 32.7 Å². The van der Waals surface area contributed by atoms with E-state index in [4.69, 9.17) is 9.47 Å². The van der Waals surface area contributed by atoms with Gasteiger partial charge in [-0.25, -0.2) is 9.97 Å². The molecule has 1 amide bonds. The summed E-state index contributed by atoms with van der Waals surface area (Å²) in [6.07, 6.45) is 4.63. The normalized spacial score (nSPS) is 20.5. The van der Waals surface area contributed by atoms with Gasteiger partial charge in [0.15, 0.2) is 11.5 Å². The van der Waals surface area contributed by atoms with Gasteiger partial charge in [-0.2, -0.15) is 0 Å². The zero-order valence-corrected chi connectivity index (χ0v) is 20.9. The lowest BCUT2D eigenvalue weighted by Crippen LogP contribution is -2.52. The van der Waals surface area contributed by atoms with Crippen LogP contribution >= 0.6 is 11.3 Å². The highest BCUT2D eigenvalue weighted by molar-refractivity contribution is 7.18. The number of hydrogen-bond donors (Lipinski definition) is 0. The second-order valence-electron chi connectivity index (χ2n) is 9.56. The van der Waals surface area contributed by atoms with Crippen LogP contribution in [0.4, 0.5) is 5.82 Å². The number of thiophene rings is 1. The van der Waals surface area contributed by atoms with Gasteiger partial charge in [0.25, 0.3) is 0 Å². The summed E-state index contributed by atoms with van der Waals surface area (Å²) in [7, 11) is 0. The molecule has 1 aromatic carbocycles. The summed E-state index contributed by atoms with van der Waals surface area (Å²) in [5.41, 5.74) is 1.22. The quantitative estimate of drug-likeness (QED) is 0.538. The molecule has 2 fully saturated rings. The number of anilines is 1. The Morgan fingerprint density at radius 2 is 1.94 bits per heavy atom. The van der Waals surface area contributed by atoms with Crippen LogP contribution in [0.1, 0.15) is 30.2 Å². The molecule has 0 radical (unpaired) electrons. The van der Waals surface area contributed by atoms with Gasteiger partial charge >= 0.3 is 0 Å². The number of benzene rings is 1. The third-order valence-electron chi connectivity index (χ3n) is 7.31.